The number of hydrogen-bond donors (Lipinski definition) is 0. The molecule has 0 saturated heterocycles. The minimum absolute atomic E-state index is 0.0399. The van der Waals surface area contributed by atoms with Crippen molar-refractivity contribution in [3.63, 3.8) is 0 Å². The van der Waals surface area contributed by atoms with E-state index in [1.54, 1.807) is 0 Å². The molecule has 0 unspecified atom stereocenters. The van der Waals surface area contributed by atoms with E-state index in [1.807, 2.05) is 71.8 Å². The maximum Gasteiger partial charge on any atom is 0.279 e. The van der Waals surface area contributed by atoms with Crippen LogP contribution >= 0.6 is 15.9 Å². The number of fused-ring (bicyclic) bond motifs is 2. The van der Waals surface area contributed by atoms with Crippen molar-refractivity contribution in [2.24, 2.45) is 9.98 Å². The van der Waals surface area contributed by atoms with Crippen molar-refractivity contribution in [3.05, 3.63) is 93.6 Å². The van der Waals surface area contributed by atoms with Gasteiger partial charge in [0.15, 0.2) is 5.84 Å². The van der Waals surface area contributed by atoms with Crippen LogP contribution in [0.1, 0.15) is 47.8 Å². The third-order valence-electron chi connectivity index (χ3n) is 4.99. The predicted octanol–water partition coefficient (Wildman–Crippen LogP) is 5.59. The van der Waals surface area contributed by atoms with Crippen molar-refractivity contribution in [1.82, 2.24) is 4.90 Å². The summed E-state index contributed by atoms with van der Waals surface area (Å²) in [6.45, 7) is 7.12. The van der Waals surface area contributed by atoms with E-state index in [1.165, 1.54) is 5.56 Å². The van der Waals surface area contributed by atoms with Gasteiger partial charge in [0.05, 0.1) is 0 Å². The van der Waals surface area contributed by atoms with E-state index in [0.717, 1.165) is 21.4 Å². The molecule has 2 aliphatic heterocycles. The van der Waals surface area contributed by atoms with Crippen molar-refractivity contribution in [2.75, 3.05) is 0 Å². The molecule has 0 aliphatic carbocycles. The van der Waals surface area contributed by atoms with Gasteiger partial charge in [-0.25, -0.2) is 4.99 Å². The Morgan fingerprint density at radius 1 is 1.07 bits per heavy atom. The van der Waals surface area contributed by atoms with Crippen molar-refractivity contribution >= 4 is 33.5 Å². The van der Waals surface area contributed by atoms with Gasteiger partial charge < -0.3 is 4.90 Å². The molecule has 1 amide bonds. The Morgan fingerprint density at radius 2 is 1.79 bits per heavy atom. The van der Waals surface area contributed by atoms with Crippen molar-refractivity contribution in [2.45, 2.75) is 32.7 Å². The highest BCUT2D eigenvalue weighted by atomic mass is 79.9. The third kappa shape index (κ3) is 4.15. The molecule has 0 bridgehead atoms. The van der Waals surface area contributed by atoms with E-state index in [4.69, 9.17) is 4.99 Å². The maximum atomic E-state index is 12.9. The lowest BCUT2D eigenvalue weighted by Gasteiger charge is -2.21. The molecule has 0 N–H and O–H groups in total. The standard InChI is InChI=1S/C24H22BrN3O/c1-24(2,3)18-10-8-16(9-11-18)23(29)27-22-20-7-5-4-6-17(20)14-28-15-19(25)12-13-21(28)26-22/h4-13,15H,14H2,1-3H3. The van der Waals surface area contributed by atoms with Gasteiger partial charge >= 0.3 is 0 Å². The van der Waals surface area contributed by atoms with Crippen LogP contribution < -0.4 is 0 Å². The average molecular weight is 448 g/mol. The van der Waals surface area contributed by atoms with Gasteiger partial charge in [-0.05, 0) is 56.8 Å². The molecule has 29 heavy (non-hydrogen) atoms. The first-order valence-electron chi connectivity index (χ1n) is 9.54. The van der Waals surface area contributed by atoms with Crippen molar-refractivity contribution < 1.29 is 4.79 Å². The van der Waals surface area contributed by atoms with Gasteiger partial charge in [0, 0.05) is 28.4 Å². The number of nitrogens with zero attached hydrogens (tertiary/aromatic N) is 3. The molecule has 0 spiro atoms. The number of aliphatic imine (C=N–C) groups is 2. The number of carbonyl (C=O) groups excluding carboxylic acids is 1. The molecule has 4 rings (SSSR count). The van der Waals surface area contributed by atoms with Crippen LogP contribution in [0.3, 0.4) is 0 Å². The lowest BCUT2D eigenvalue weighted by Crippen LogP contribution is -2.24. The quantitative estimate of drug-likeness (QED) is 0.571. The molecule has 0 radical (unpaired) electrons. The summed E-state index contributed by atoms with van der Waals surface area (Å²) in [6.07, 6.45) is 5.86. The van der Waals surface area contributed by atoms with Crippen LogP contribution in [-0.2, 0) is 12.0 Å². The summed E-state index contributed by atoms with van der Waals surface area (Å²) in [5, 5.41) is 0. The first-order chi connectivity index (χ1) is 13.8. The predicted molar refractivity (Wildman–Crippen MR) is 122 cm³/mol. The Kier molecular flexibility index (Phi) is 5.09. The van der Waals surface area contributed by atoms with Crippen molar-refractivity contribution in [3.8, 4) is 0 Å². The van der Waals surface area contributed by atoms with E-state index >= 15 is 0 Å². The van der Waals surface area contributed by atoms with Gasteiger partial charge in [-0.1, -0.05) is 57.2 Å². The van der Waals surface area contributed by atoms with Crippen LogP contribution in [0.25, 0.3) is 0 Å². The van der Waals surface area contributed by atoms with Crippen LogP contribution in [0.15, 0.2) is 81.4 Å². The number of carbonyl (C=O) groups is 1. The number of halogens is 1. The molecule has 0 saturated carbocycles. The monoisotopic (exact) mass is 447 g/mol. The number of amides is 1. The van der Waals surface area contributed by atoms with Crippen LogP contribution in [0.4, 0.5) is 0 Å². The van der Waals surface area contributed by atoms with Crippen LogP contribution in [0.2, 0.25) is 0 Å². The minimum atomic E-state index is -0.287. The molecule has 2 aliphatic rings. The van der Waals surface area contributed by atoms with E-state index < -0.39 is 0 Å². The molecule has 146 valence electrons. The second-order valence-corrected chi connectivity index (χ2v) is 9.09. The SMILES string of the molecule is CC(C)(C)c1ccc(C(=O)N=C2N=C3C=CC(Br)=CN3Cc3ccccc32)cc1. The summed E-state index contributed by atoms with van der Waals surface area (Å²) in [7, 11) is 0. The Balaban J connectivity index is 1.74. The van der Waals surface area contributed by atoms with Crippen LogP contribution in [-0.4, -0.2) is 22.5 Å². The molecular weight excluding hydrogens is 426 g/mol. The Bertz CT molecular complexity index is 1090. The van der Waals surface area contributed by atoms with Crippen LogP contribution in [0, 0.1) is 0 Å². The Morgan fingerprint density at radius 3 is 2.52 bits per heavy atom. The number of amidine groups is 2. The molecule has 2 aromatic rings. The summed E-state index contributed by atoms with van der Waals surface area (Å²) >= 11 is 3.51. The topological polar surface area (TPSA) is 45.0 Å². The first kappa shape index (κ1) is 19.5. The minimum Gasteiger partial charge on any atom is -0.327 e. The summed E-state index contributed by atoms with van der Waals surface area (Å²) in [6, 6.07) is 15.6. The van der Waals surface area contributed by atoms with E-state index in [9.17, 15) is 4.79 Å². The highest BCUT2D eigenvalue weighted by Crippen LogP contribution is 2.25. The lowest BCUT2D eigenvalue weighted by molar-refractivity contribution is 0.100. The van der Waals surface area contributed by atoms with Gasteiger partial charge in [0.1, 0.15) is 5.84 Å². The number of rotatable bonds is 1. The molecule has 5 heteroatoms. The summed E-state index contributed by atoms with van der Waals surface area (Å²) in [4.78, 5) is 24.1. The summed E-state index contributed by atoms with van der Waals surface area (Å²) < 4.78 is 0.976. The van der Waals surface area contributed by atoms with E-state index in [-0.39, 0.29) is 11.3 Å². The zero-order chi connectivity index (χ0) is 20.6. The second kappa shape index (κ2) is 7.56. The number of allylic oxidation sites excluding steroid dienone is 2. The normalized spacial score (nSPS) is 17.2. The van der Waals surface area contributed by atoms with Gasteiger partial charge in [0.25, 0.3) is 5.91 Å². The fraction of sp³-hybridized carbons (Fsp3) is 0.208. The largest absolute Gasteiger partial charge is 0.327 e. The van der Waals surface area contributed by atoms with Gasteiger partial charge in [0.2, 0.25) is 0 Å². The highest BCUT2D eigenvalue weighted by molar-refractivity contribution is 9.11. The van der Waals surface area contributed by atoms with Crippen LogP contribution in [0.5, 0.6) is 0 Å². The molecule has 0 fully saturated rings. The van der Waals surface area contributed by atoms with Gasteiger partial charge in [-0.3, -0.25) is 4.79 Å². The molecule has 0 atom stereocenters. The molecular formula is C24H22BrN3O. The third-order valence-corrected chi connectivity index (χ3v) is 5.46. The lowest BCUT2D eigenvalue weighted by atomic mass is 9.87. The summed E-state index contributed by atoms with van der Waals surface area (Å²) in [5.74, 6) is 0.919. The molecule has 2 heterocycles. The van der Waals surface area contributed by atoms with E-state index in [2.05, 4.69) is 41.7 Å². The van der Waals surface area contributed by atoms with E-state index in [0.29, 0.717) is 17.9 Å². The second-order valence-electron chi connectivity index (χ2n) is 8.17. The number of benzene rings is 2. The van der Waals surface area contributed by atoms with Gasteiger partial charge in [-0.2, -0.15) is 4.99 Å². The smallest absolute Gasteiger partial charge is 0.279 e. The highest BCUT2D eigenvalue weighted by Gasteiger charge is 2.22. The fourth-order valence-corrected chi connectivity index (χ4v) is 3.70. The fourth-order valence-electron chi connectivity index (χ4n) is 3.32. The zero-order valence-electron chi connectivity index (χ0n) is 16.7. The average Bonchev–Trinajstić information content (AvgIpc) is 2.83. The number of hydrogen-bond acceptors (Lipinski definition) is 2. The Hall–Kier alpha value is -2.79. The van der Waals surface area contributed by atoms with Crippen molar-refractivity contribution in [1.29, 1.82) is 0 Å². The maximum absolute atomic E-state index is 12.9. The zero-order valence-corrected chi connectivity index (χ0v) is 18.3. The molecule has 4 nitrogen and oxygen atoms in total. The molecule has 2 aromatic carbocycles. The molecule has 0 aromatic heterocycles. The Labute approximate surface area is 179 Å². The summed E-state index contributed by atoms with van der Waals surface area (Å²) in [5.41, 5.74) is 3.74. The van der Waals surface area contributed by atoms with Gasteiger partial charge in [-0.15, -0.1) is 0 Å². The first-order valence-corrected chi connectivity index (χ1v) is 10.3.